The van der Waals surface area contributed by atoms with Crippen LogP contribution in [0.3, 0.4) is 0 Å². The van der Waals surface area contributed by atoms with E-state index in [1.165, 1.54) is 0 Å². The normalized spacial score (nSPS) is 11.1. The van der Waals surface area contributed by atoms with Crippen LogP contribution in [0.25, 0.3) is 33.3 Å². The van der Waals surface area contributed by atoms with Crippen LogP contribution in [0.1, 0.15) is 0 Å². The molecule has 0 spiro atoms. The van der Waals surface area contributed by atoms with Gasteiger partial charge in [0.2, 0.25) is 0 Å². The van der Waals surface area contributed by atoms with Gasteiger partial charge in [-0.25, -0.2) is 4.98 Å². The number of methoxy groups -OCH3 is 1. The molecule has 0 aliphatic rings. The summed E-state index contributed by atoms with van der Waals surface area (Å²) in [5, 5.41) is 0.808. The average molecular weight is 290 g/mol. The van der Waals surface area contributed by atoms with Gasteiger partial charge in [0.15, 0.2) is 0 Å². The van der Waals surface area contributed by atoms with Gasteiger partial charge >= 0.3 is 0 Å². The number of pyridine rings is 1. The Bertz CT molecular complexity index is 957. The predicted octanol–water partition coefficient (Wildman–Crippen LogP) is 3.37. The Labute approximate surface area is 126 Å². The zero-order valence-electron chi connectivity index (χ0n) is 12.0. The van der Waals surface area contributed by atoms with Gasteiger partial charge in [-0.2, -0.15) is 0 Å². The number of benzene rings is 2. The van der Waals surface area contributed by atoms with Crippen molar-refractivity contribution in [2.24, 2.45) is 0 Å². The van der Waals surface area contributed by atoms with Crippen LogP contribution in [0.15, 0.2) is 48.7 Å². The number of para-hydroxylation sites is 2. The van der Waals surface area contributed by atoms with Crippen molar-refractivity contribution in [1.82, 2.24) is 15.0 Å². The van der Waals surface area contributed by atoms with Gasteiger partial charge in [0, 0.05) is 6.20 Å². The molecule has 5 heteroatoms. The fraction of sp³-hybridized carbons (Fsp3) is 0.0588. The third-order valence-corrected chi connectivity index (χ3v) is 3.76. The standard InChI is InChI=1S/C17H14N4O/c1-22-14-8-4-7-13-15(14)16(18)10(9-19-13)17-20-11-5-2-3-6-12(11)21-17/h2-9H,1H3,(H2,18,19)(H,20,21). The zero-order valence-corrected chi connectivity index (χ0v) is 12.0. The summed E-state index contributed by atoms with van der Waals surface area (Å²) in [7, 11) is 1.63. The summed E-state index contributed by atoms with van der Waals surface area (Å²) < 4.78 is 5.41. The minimum atomic E-state index is 0.613. The van der Waals surface area contributed by atoms with E-state index in [1.54, 1.807) is 13.3 Å². The molecule has 0 radical (unpaired) electrons. The first-order valence-electron chi connectivity index (χ1n) is 6.94. The van der Waals surface area contributed by atoms with Gasteiger partial charge in [0.25, 0.3) is 0 Å². The van der Waals surface area contributed by atoms with Crippen LogP contribution >= 0.6 is 0 Å². The number of rotatable bonds is 2. The number of anilines is 1. The first-order chi connectivity index (χ1) is 10.8. The predicted molar refractivity (Wildman–Crippen MR) is 87.8 cm³/mol. The monoisotopic (exact) mass is 290 g/mol. The summed E-state index contributed by atoms with van der Waals surface area (Å²) in [5.74, 6) is 1.42. The topological polar surface area (TPSA) is 76.8 Å². The number of nitrogen functional groups attached to an aromatic ring is 1. The smallest absolute Gasteiger partial charge is 0.142 e. The van der Waals surface area contributed by atoms with E-state index in [1.807, 2.05) is 42.5 Å². The number of H-pyrrole nitrogens is 1. The second-order valence-corrected chi connectivity index (χ2v) is 5.04. The molecule has 0 aliphatic heterocycles. The molecule has 0 fully saturated rings. The largest absolute Gasteiger partial charge is 0.496 e. The zero-order chi connectivity index (χ0) is 15.1. The molecule has 4 aromatic rings. The maximum Gasteiger partial charge on any atom is 0.142 e. The first kappa shape index (κ1) is 12.6. The maximum absolute atomic E-state index is 6.37. The molecule has 0 unspecified atom stereocenters. The van der Waals surface area contributed by atoms with Gasteiger partial charge in [-0.3, -0.25) is 4.98 Å². The van der Waals surface area contributed by atoms with Crippen LogP contribution in [0.4, 0.5) is 5.69 Å². The molecule has 22 heavy (non-hydrogen) atoms. The number of fused-ring (bicyclic) bond motifs is 2. The molecule has 0 amide bonds. The molecule has 5 nitrogen and oxygen atoms in total. The van der Waals surface area contributed by atoms with Gasteiger partial charge in [0.1, 0.15) is 11.6 Å². The molecule has 2 heterocycles. The van der Waals surface area contributed by atoms with E-state index in [0.717, 1.165) is 27.5 Å². The number of aromatic nitrogens is 3. The molecule has 0 bridgehead atoms. The number of aromatic amines is 1. The Morgan fingerprint density at radius 2 is 1.86 bits per heavy atom. The van der Waals surface area contributed by atoms with Crippen molar-refractivity contribution in [2.45, 2.75) is 0 Å². The van der Waals surface area contributed by atoms with Gasteiger partial charge < -0.3 is 15.5 Å². The van der Waals surface area contributed by atoms with E-state index in [2.05, 4.69) is 15.0 Å². The molecule has 0 atom stereocenters. The summed E-state index contributed by atoms with van der Waals surface area (Å²) in [6, 6.07) is 13.6. The van der Waals surface area contributed by atoms with Gasteiger partial charge in [-0.05, 0) is 24.3 Å². The Kier molecular flexibility index (Phi) is 2.72. The molecule has 4 rings (SSSR count). The van der Waals surface area contributed by atoms with E-state index < -0.39 is 0 Å². The highest BCUT2D eigenvalue weighted by Crippen LogP contribution is 2.35. The molecule has 2 aromatic heterocycles. The second-order valence-electron chi connectivity index (χ2n) is 5.04. The van der Waals surface area contributed by atoms with Crippen LogP contribution in [-0.4, -0.2) is 22.1 Å². The number of imidazole rings is 1. The molecular formula is C17H14N4O. The summed E-state index contributed by atoms with van der Waals surface area (Å²) in [5.41, 5.74) is 10.4. The summed E-state index contributed by atoms with van der Waals surface area (Å²) >= 11 is 0. The molecule has 0 saturated carbocycles. The first-order valence-corrected chi connectivity index (χ1v) is 6.94. The minimum absolute atomic E-state index is 0.613. The lowest BCUT2D eigenvalue weighted by Crippen LogP contribution is -1.97. The highest BCUT2D eigenvalue weighted by atomic mass is 16.5. The highest BCUT2D eigenvalue weighted by Gasteiger charge is 2.14. The van der Waals surface area contributed by atoms with Crippen molar-refractivity contribution in [1.29, 1.82) is 0 Å². The van der Waals surface area contributed by atoms with E-state index in [9.17, 15) is 0 Å². The number of ether oxygens (including phenoxy) is 1. The summed E-state index contributed by atoms with van der Waals surface area (Å²) in [4.78, 5) is 12.3. The average Bonchev–Trinajstić information content (AvgIpc) is 2.98. The third kappa shape index (κ3) is 1.79. The van der Waals surface area contributed by atoms with Crippen molar-refractivity contribution in [2.75, 3.05) is 12.8 Å². The lowest BCUT2D eigenvalue weighted by atomic mass is 10.1. The van der Waals surface area contributed by atoms with Crippen molar-refractivity contribution >= 4 is 27.6 Å². The van der Waals surface area contributed by atoms with Crippen LogP contribution in [0, 0.1) is 0 Å². The van der Waals surface area contributed by atoms with E-state index >= 15 is 0 Å². The van der Waals surface area contributed by atoms with Crippen LogP contribution in [0.2, 0.25) is 0 Å². The molecule has 3 N–H and O–H groups in total. The fourth-order valence-corrected chi connectivity index (χ4v) is 2.68. The van der Waals surface area contributed by atoms with Gasteiger partial charge in [-0.15, -0.1) is 0 Å². The van der Waals surface area contributed by atoms with Crippen molar-refractivity contribution in [3.63, 3.8) is 0 Å². The number of hydrogen-bond acceptors (Lipinski definition) is 4. The van der Waals surface area contributed by atoms with Crippen molar-refractivity contribution in [3.05, 3.63) is 48.7 Å². The Morgan fingerprint density at radius 3 is 2.68 bits per heavy atom. The van der Waals surface area contributed by atoms with E-state index in [-0.39, 0.29) is 0 Å². The Balaban J connectivity index is 2.00. The van der Waals surface area contributed by atoms with Crippen molar-refractivity contribution < 1.29 is 4.74 Å². The molecule has 0 saturated heterocycles. The fourth-order valence-electron chi connectivity index (χ4n) is 2.68. The summed E-state index contributed by atoms with van der Waals surface area (Å²) in [6.07, 6.45) is 1.74. The van der Waals surface area contributed by atoms with Gasteiger partial charge in [0.05, 0.1) is 40.3 Å². The molecular weight excluding hydrogens is 276 g/mol. The number of nitrogens with two attached hydrogens (primary N) is 1. The van der Waals surface area contributed by atoms with Gasteiger partial charge in [-0.1, -0.05) is 18.2 Å². The highest BCUT2D eigenvalue weighted by molar-refractivity contribution is 6.01. The van der Waals surface area contributed by atoms with Crippen LogP contribution in [-0.2, 0) is 0 Å². The van der Waals surface area contributed by atoms with Crippen LogP contribution in [0.5, 0.6) is 5.75 Å². The maximum atomic E-state index is 6.37. The van der Waals surface area contributed by atoms with Crippen molar-refractivity contribution in [3.8, 4) is 17.1 Å². The molecule has 0 aliphatic carbocycles. The third-order valence-electron chi connectivity index (χ3n) is 3.76. The lowest BCUT2D eigenvalue weighted by Gasteiger charge is -2.10. The number of hydrogen-bond donors (Lipinski definition) is 2. The van der Waals surface area contributed by atoms with Crippen LogP contribution < -0.4 is 10.5 Å². The lowest BCUT2D eigenvalue weighted by molar-refractivity contribution is 0.420. The SMILES string of the molecule is COc1cccc2ncc(-c3nc4ccccc4[nH]3)c(N)c12. The Hall–Kier alpha value is -3.08. The molecule has 108 valence electrons. The molecule has 2 aromatic carbocycles. The van der Waals surface area contributed by atoms with E-state index in [4.69, 9.17) is 10.5 Å². The number of nitrogens with one attached hydrogen (secondary N) is 1. The Morgan fingerprint density at radius 1 is 1.05 bits per heavy atom. The minimum Gasteiger partial charge on any atom is -0.496 e. The quantitative estimate of drug-likeness (QED) is 0.593. The second kappa shape index (κ2) is 4.73. The van der Waals surface area contributed by atoms with E-state index in [0.29, 0.717) is 17.3 Å². The summed E-state index contributed by atoms with van der Waals surface area (Å²) in [6.45, 7) is 0. The number of nitrogens with zero attached hydrogens (tertiary/aromatic N) is 2.